The first-order valence-corrected chi connectivity index (χ1v) is 4.52. The van der Waals surface area contributed by atoms with Crippen LogP contribution in [0, 0.1) is 6.92 Å². The van der Waals surface area contributed by atoms with Crippen LogP contribution in [0.5, 0.6) is 5.75 Å². The maximum atomic E-state index is 9.08. The predicted molar refractivity (Wildman–Crippen MR) is 55.5 cm³/mol. The molecule has 1 aromatic heterocycles. The molecule has 1 heterocycles. The Morgan fingerprint density at radius 1 is 1.43 bits per heavy atom. The summed E-state index contributed by atoms with van der Waals surface area (Å²) in [6, 6.07) is 5.83. The molecule has 0 saturated heterocycles. The lowest BCUT2D eigenvalue weighted by Gasteiger charge is -1.98. The average Bonchev–Trinajstić information content (AvgIpc) is 2.55. The number of benzene rings is 1. The highest BCUT2D eigenvalue weighted by Gasteiger charge is 2.06. The van der Waals surface area contributed by atoms with Gasteiger partial charge < -0.3 is 14.8 Å². The number of aromatic nitrogens is 1. The van der Waals surface area contributed by atoms with E-state index in [-0.39, 0.29) is 6.61 Å². The molecule has 0 spiro atoms. The van der Waals surface area contributed by atoms with Gasteiger partial charge in [-0.1, -0.05) is 0 Å². The third kappa shape index (κ3) is 1.26. The lowest BCUT2D eigenvalue weighted by atomic mass is 10.1. The quantitative estimate of drug-likeness (QED) is 0.762. The molecule has 14 heavy (non-hydrogen) atoms. The number of aryl methyl sites for hydroxylation is 1. The number of methoxy groups -OCH3 is 1. The number of ether oxygens (including phenoxy) is 1. The molecule has 2 N–H and O–H groups in total. The van der Waals surface area contributed by atoms with Crippen molar-refractivity contribution in [1.29, 1.82) is 0 Å². The fourth-order valence-corrected chi connectivity index (χ4v) is 1.65. The monoisotopic (exact) mass is 191 g/mol. The Hall–Kier alpha value is -1.48. The summed E-state index contributed by atoms with van der Waals surface area (Å²) in [6.45, 7) is 2.03. The molecular formula is C11H13NO2. The van der Waals surface area contributed by atoms with E-state index in [2.05, 4.69) is 4.98 Å². The smallest absolute Gasteiger partial charge is 0.119 e. The van der Waals surface area contributed by atoms with Crippen molar-refractivity contribution in [3.05, 3.63) is 29.5 Å². The molecule has 0 unspecified atom stereocenters. The van der Waals surface area contributed by atoms with Crippen LogP contribution in [-0.4, -0.2) is 17.2 Å². The van der Waals surface area contributed by atoms with Gasteiger partial charge in [0, 0.05) is 16.6 Å². The van der Waals surface area contributed by atoms with Crippen molar-refractivity contribution in [3.8, 4) is 5.75 Å². The Bertz CT molecular complexity index is 460. The SMILES string of the molecule is COc1ccc2[nH]c(CO)c(C)c2c1. The van der Waals surface area contributed by atoms with E-state index in [1.807, 2.05) is 25.1 Å². The molecule has 1 aromatic carbocycles. The molecule has 0 saturated carbocycles. The fraction of sp³-hybridized carbons (Fsp3) is 0.273. The first kappa shape index (κ1) is 9.09. The van der Waals surface area contributed by atoms with E-state index in [9.17, 15) is 0 Å². The Morgan fingerprint density at radius 2 is 2.21 bits per heavy atom. The van der Waals surface area contributed by atoms with Gasteiger partial charge in [-0.25, -0.2) is 0 Å². The van der Waals surface area contributed by atoms with Gasteiger partial charge in [0.1, 0.15) is 5.75 Å². The lowest BCUT2D eigenvalue weighted by molar-refractivity contribution is 0.277. The average molecular weight is 191 g/mol. The number of nitrogens with one attached hydrogen (secondary N) is 1. The van der Waals surface area contributed by atoms with Crippen LogP contribution in [0.25, 0.3) is 10.9 Å². The molecule has 0 fully saturated rings. The summed E-state index contributed by atoms with van der Waals surface area (Å²) in [5.74, 6) is 0.837. The summed E-state index contributed by atoms with van der Waals surface area (Å²) in [6.07, 6.45) is 0. The topological polar surface area (TPSA) is 45.2 Å². The van der Waals surface area contributed by atoms with Gasteiger partial charge in [-0.3, -0.25) is 0 Å². The molecule has 0 radical (unpaired) electrons. The minimum Gasteiger partial charge on any atom is -0.497 e. The predicted octanol–water partition coefficient (Wildman–Crippen LogP) is 1.98. The number of fused-ring (bicyclic) bond motifs is 1. The van der Waals surface area contributed by atoms with Gasteiger partial charge in [0.2, 0.25) is 0 Å². The zero-order valence-corrected chi connectivity index (χ0v) is 8.29. The Kier molecular flexibility index (Phi) is 2.17. The van der Waals surface area contributed by atoms with Gasteiger partial charge in [-0.15, -0.1) is 0 Å². The van der Waals surface area contributed by atoms with Crippen LogP contribution >= 0.6 is 0 Å². The zero-order valence-electron chi connectivity index (χ0n) is 8.29. The molecule has 0 aliphatic carbocycles. The van der Waals surface area contributed by atoms with E-state index < -0.39 is 0 Å². The molecule has 3 heteroatoms. The van der Waals surface area contributed by atoms with Crippen molar-refractivity contribution in [2.45, 2.75) is 13.5 Å². The molecule has 0 atom stereocenters. The van der Waals surface area contributed by atoms with Crippen molar-refractivity contribution < 1.29 is 9.84 Å². The van der Waals surface area contributed by atoms with E-state index in [1.165, 1.54) is 0 Å². The van der Waals surface area contributed by atoms with Gasteiger partial charge in [0.25, 0.3) is 0 Å². The number of aliphatic hydroxyl groups is 1. The van der Waals surface area contributed by atoms with Crippen molar-refractivity contribution in [2.75, 3.05) is 7.11 Å². The molecule has 2 aromatic rings. The molecule has 0 aliphatic rings. The van der Waals surface area contributed by atoms with Crippen LogP contribution in [0.2, 0.25) is 0 Å². The van der Waals surface area contributed by atoms with E-state index in [4.69, 9.17) is 9.84 Å². The highest BCUT2D eigenvalue weighted by Crippen LogP contribution is 2.25. The van der Waals surface area contributed by atoms with Crippen LogP contribution in [0.3, 0.4) is 0 Å². The molecule has 2 rings (SSSR count). The lowest BCUT2D eigenvalue weighted by Crippen LogP contribution is -1.84. The summed E-state index contributed by atoms with van der Waals surface area (Å²) < 4.78 is 5.14. The van der Waals surface area contributed by atoms with Crippen molar-refractivity contribution in [3.63, 3.8) is 0 Å². The third-order valence-corrected chi connectivity index (χ3v) is 2.53. The first-order chi connectivity index (χ1) is 6.76. The normalized spacial score (nSPS) is 10.8. The van der Waals surface area contributed by atoms with E-state index in [0.717, 1.165) is 27.9 Å². The summed E-state index contributed by atoms with van der Waals surface area (Å²) in [7, 11) is 1.65. The summed E-state index contributed by atoms with van der Waals surface area (Å²) in [4.78, 5) is 3.16. The molecule has 0 aliphatic heterocycles. The molecule has 74 valence electrons. The minimum atomic E-state index is 0.0445. The number of rotatable bonds is 2. The summed E-state index contributed by atoms with van der Waals surface area (Å²) >= 11 is 0. The van der Waals surface area contributed by atoms with Crippen molar-refractivity contribution >= 4 is 10.9 Å². The van der Waals surface area contributed by atoms with Gasteiger partial charge in [-0.05, 0) is 30.7 Å². The highest BCUT2D eigenvalue weighted by molar-refractivity contribution is 5.85. The van der Waals surface area contributed by atoms with Gasteiger partial charge in [-0.2, -0.15) is 0 Å². The summed E-state index contributed by atoms with van der Waals surface area (Å²) in [5.41, 5.74) is 2.99. The number of hydrogen-bond acceptors (Lipinski definition) is 2. The molecule has 0 bridgehead atoms. The van der Waals surface area contributed by atoms with Crippen molar-refractivity contribution in [2.24, 2.45) is 0 Å². The van der Waals surface area contributed by atoms with Gasteiger partial charge in [0.15, 0.2) is 0 Å². The maximum Gasteiger partial charge on any atom is 0.119 e. The zero-order chi connectivity index (χ0) is 10.1. The number of hydrogen-bond donors (Lipinski definition) is 2. The van der Waals surface area contributed by atoms with Crippen LogP contribution in [0.4, 0.5) is 0 Å². The van der Waals surface area contributed by atoms with Gasteiger partial charge >= 0.3 is 0 Å². The molecular weight excluding hydrogens is 178 g/mol. The standard InChI is InChI=1S/C11H13NO2/c1-7-9-5-8(14-2)3-4-10(9)12-11(7)6-13/h3-5,12-13H,6H2,1-2H3. The van der Waals surface area contributed by atoms with E-state index in [1.54, 1.807) is 7.11 Å². The van der Waals surface area contributed by atoms with Crippen LogP contribution in [0.1, 0.15) is 11.3 Å². The minimum absolute atomic E-state index is 0.0445. The van der Waals surface area contributed by atoms with E-state index >= 15 is 0 Å². The Balaban J connectivity index is 2.68. The molecule has 3 nitrogen and oxygen atoms in total. The van der Waals surface area contributed by atoms with Crippen LogP contribution < -0.4 is 4.74 Å². The van der Waals surface area contributed by atoms with E-state index in [0.29, 0.717) is 0 Å². The third-order valence-electron chi connectivity index (χ3n) is 2.53. The van der Waals surface area contributed by atoms with Crippen LogP contribution in [-0.2, 0) is 6.61 Å². The van der Waals surface area contributed by atoms with Crippen LogP contribution in [0.15, 0.2) is 18.2 Å². The summed E-state index contributed by atoms with van der Waals surface area (Å²) in [5, 5.41) is 10.2. The van der Waals surface area contributed by atoms with Crippen molar-refractivity contribution in [1.82, 2.24) is 4.98 Å². The van der Waals surface area contributed by atoms with Gasteiger partial charge in [0.05, 0.1) is 13.7 Å². The second kappa shape index (κ2) is 3.35. The second-order valence-electron chi connectivity index (χ2n) is 3.30. The Morgan fingerprint density at radius 3 is 2.86 bits per heavy atom. The number of aliphatic hydroxyl groups excluding tert-OH is 1. The fourth-order valence-electron chi connectivity index (χ4n) is 1.65. The highest BCUT2D eigenvalue weighted by atomic mass is 16.5. The Labute approximate surface area is 82.3 Å². The number of aromatic amines is 1. The largest absolute Gasteiger partial charge is 0.497 e. The number of H-pyrrole nitrogens is 1. The first-order valence-electron chi connectivity index (χ1n) is 4.52. The molecule has 0 amide bonds. The second-order valence-corrected chi connectivity index (χ2v) is 3.30. The maximum absolute atomic E-state index is 9.08.